The first-order valence-electron chi connectivity index (χ1n) is 8.39. The molecule has 1 heterocycles. The van der Waals surface area contributed by atoms with Crippen molar-refractivity contribution < 1.29 is 19.1 Å². The van der Waals surface area contributed by atoms with Crippen molar-refractivity contribution in [2.75, 3.05) is 13.1 Å². The molecule has 1 aliphatic heterocycles. The van der Waals surface area contributed by atoms with Gasteiger partial charge in [-0.15, -0.1) is 0 Å². The Morgan fingerprint density at radius 1 is 1.12 bits per heavy atom. The standard InChI is InChI=1S/C18H22N2O4/c19-16(21)15-6-2-1-4-14(15)11-24-18(23)13-5-3-9-20(10-13)17(22)12-7-8-12/h1-2,4,6,12-13H,3,5,7-11H2,(H2,19,21). The monoisotopic (exact) mass is 330 g/mol. The van der Waals surface area contributed by atoms with Crippen LogP contribution in [-0.2, 0) is 20.9 Å². The number of esters is 1. The lowest BCUT2D eigenvalue weighted by Crippen LogP contribution is -2.43. The van der Waals surface area contributed by atoms with E-state index in [9.17, 15) is 14.4 Å². The van der Waals surface area contributed by atoms with E-state index in [1.807, 2.05) is 0 Å². The third kappa shape index (κ3) is 3.75. The molecule has 2 aliphatic rings. The van der Waals surface area contributed by atoms with E-state index in [4.69, 9.17) is 10.5 Å². The molecule has 1 unspecified atom stereocenters. The predicted molar refractivity (Wildman–Crippen MR) is 86.8 cm³/mol. The number of carbonyl (C=O) groups excluding carboxylic acids is 3. The lowest BCUT2D eigenvalue weighted by Gasteiger charge is -2.31. The molecule has 6 nitrogen and oxygen atoms in total. The largest absolute Gasteiger partial charge is 0.461 e. The van der Waals surface area contributed by atoms with E-state index >= 15 is 0 Å². The van der Waals surface area contributed by atoms with Crippen LogP contribution in [0.2, 0.25) is 0 Å². The first-order valence-corrected chi connectivity index (χ1v) is 8.39. The van der Waals surface area contributed by atoms with Gasteiger partial charge < -0.3 is 15.4 Å². The van der Waals surface area contributed by atoms with Crippen molar-refractivity contribution in [3.63, 3.8) is 0 Å². The number of benzene rings is 1. The number of rotatable bonds is 5. The molecule has 1 aromatic carbocycles. The summed E-state index contributed by atoms with van der Waals surface area (Å²) >= 11 is 0. The van der Waals surface area contributed by atoms with Crippen molar-refractivity contribution in [2.24, 2.45) is 17.6 Å². The molecule has 1 saturated heterocycles. The molecule has 1 aromatic rings. The number of nitrogens with zero attached hydrogens (tertiary/aromatic N) is 1. The minimum absolute atomic E-state index is 0.0189. The predicted octanol–water partition coefficient (Wildman–Crippen LogP) is 1.48. The van der Waals surface area contributed by atoms with Crippen molar-refractivity contribution in [3.05, 3.63) is 35.4 Å². The van der Waals surface area contributed by atoms with Crippen LogP contribution in [0.1, 0.15) is 41.6 Å². The molecule has 128 valence electrons. The molecular formula is C18H22N2O4. The summed E-state index contributed by atoms with van der Waals surface area (Å²) < 4.78 is 5.38. The average molecular weight is 330 g/mol. The van der Waals surface area contributed by atoms with Crippen LogP contribution in [0.25, 0.3) is 0 Å². The summed E-state index contributed by atoms with van der Waals surface area (Å²) in [7, 11) is 0. The molecule has 1 atom stereocenters. The summed E-state index contributed by atoms with van der Waals surface area (Å²) in [5.74, 6) is -0.806. The molecule has 2 amide bonds. The highest BCUT2D eigenvalue weighted by Gasteiger charge is 2.37. The Labute approximate surface area is 140 Å². The Morgan fingerprint density at radius 3 is 2.58 bits per heavy atom. The Kier molecular flexibility index (Phi) is 4.83. The Bertz CT molecular complexity index is 654. The Balaban J connectivity index is 1.57. The van der Waals surface area contributed by atoms with E-state index in [0.717, 1.165) is 32.2 Å². The maximum absolute atomic E-state index is 12.3. The number of piperidine rings is 1. The quantitative estimate of drug-likeness (QED) is 0.828. The molecule has 6 heteroatoms. The van der Waals surface area contributed by atoms with Crippen molar-refractivity contribution in [3.8, 4) is 0 Å². The molecule has 1 aliphatic carbocycles. The van der Waals surface area contributed by atoms with E-state index in [1.54, 1.807) is 29.2 Å². The van der Waals surface area contributed by atoms with E-state index in [1.165, 1.54) is 0 Å². The number of nitrogens with two attached hydrogens (primary N) is 1. The van der Waals surface area contributed by atoms with Gasteiger partial charge in [0.1, 0.15) is 6.61 Å². The van der Waals surface area contributed by atoms with Crippen molar-refractivity contribution in [1.82, 2.24) is 4.90 Å². The number of hydrogen-bond acceptors (Lipinski definition) is 4. The van der Waals surface area contributed by atoms with Crippen molar-refractivity contribution in [1.29, 1.82) is 0 Å². The summed E-state index contributed by atoms with van der Waals surface area (Å²) in [4.78, 5) is 37.7. The van der Waals surface area contributed by atoms with Crippen LogP contribution in [0.5, 0.6) is 0 Å². The van der Waals surface area contributed by atoms with E-state index in [-0.39, 0.29) is 30.3 Å². The van der Waals surface area contributed by atoms with Gasteiger partial charge in [-0.25, -0.2) is 0 Å². The number of carbonyl (C=O) groups is 3. The highest BCUT2D eigenvalue weighted by molar-refractivity contribution is 5.94. The number of hydrogen-bond donors (Lipinski definition) is 1. The molecule has 0 spiro atoms. The fourth-order valence-corrected chi connectivity index (χ4v) is 3.11. The van der Waals surface area contributed by atoms with Crippen LogP contribution < -0.4 is 5.73 Å². The van der Waals surface area contributed by atoms with E-state index < -0.39 is 5.91 Å². The van der Waals surface area contributed by atoms with Gasteiger partial charge in [0.25, 0.3) is 0 Å². The maximum atomic E-state index is 12.3. The molecule has 0 radical (unpaired) electrons. The molecule has 3 rings (SSSR count). The second-order valence-electron chi connectivity index (χ2n) is 6.53. The van der Waals surface area contributed by atoms with Crippen LogP contribution in [0.3, 0.4) is 0 Å². The van der Waals surface area contributed by atoms with Crippen molar-refractivity contribution >= 4 is 17.8 Å². The Morgan fingerprint density at radius 2 is 1.88 bits per heavy atom. The highest BCUT2D eigenvalue weighted by Crippen LogP contribution is 2.32. The van der Waals surface area contributed by atoms with Gasteiger partial charge in [0.2, 0.25) is 11.8 Å². The Hall–Kier alpha value is -2.37. The SMILES string of the molecule is NC(=O)c1ccccc1COC(=O)C1CCCN(C(=O)C2CC2)C1. The number of likely N-dealkylation sites (tertiary alicyclic amines) is 1. The first kappa shape index (κ1) is 16.5. The van der Waals surface area contributed by atoms with E-state index in [2.05, 4.69) is 0 Å². The van der Waals surface area contributed by atoms with Gasteiger partial charge in [-0.3, -0.25) is 14.4 Å². The van der Waals surface area contributed by atoms with Gasteiger partial charge >= 0.3 is 5.97 Å². The van der Waals surface area contributed by atoms with Crippen LogP contribution in [-0.4, -0.2) is 35.8 Å². The van der Waals surface area contributed by atoms with Crippen molar-refractivity contribution in [2.45, 2.75) is 32.3 Å². The third-order valence-corrected chi connectivity index (χ3v) is 4.65. The van der Waals surface area contributed by atoms with Gasteiger partial charge in [-0.1, -0.05) is 18.2 Å². The highest BCUT2D eigenvalue weighted by atomic mass is 16.5. The zero-order chi connectivity index (χ0) is 17.1. The van der Waals surface area contributed by atoms with Gasteiger partial charge in [0.15, 0.2) is 0 Å². The summed E-state index contributed by atoms with van der Waals surface area (Å²) in [6.07, 6.45) is 3.48. The topological polar surface area (TPSA) is 89.7 Å². The summed E-state index contributed by atoms with van der Waals surface area (Å²) in [6.45, 7) is 1.18. The normalized spacial score (nSPS) is 20.5. The molecule has 1 saturated carbocycles. The summed E-state index contributed by atoms with van der Waals surface area (Å²) in [5.41, 5.74) is 6.28. The van der Waals surface area contributed by atoms with Crippen LogP contribution in [0.15, 0.2) is 24.3 Å². The van der Waals surface area contributed by atoms with Crippen LogP contribution in [0, 0.1) is 11.8 Å². The summed E-state index contributed by atoms with van der Waals surface area (Å²) in [5, 5.41) is 0. The zero-order valence-electron chi connectivity index (χ0n) is 13.6. The van der Waals surface area contributed by atoms with Gasteiger partial charge in [0.05, 0.1) is 5.92 Å². The molecule has 24 heavy (non-hydrogen) atoms. The molecule has 2 fully saturated rings. The zero-order valence-corrected chi connectivity index (χ0v) is 13.6. The summed E-state index contributed by atoms with van der Waals surface area (Å²) in [6, 6.07) is 6.82. The number of ether oxygens (including phenoxy) is 1. The van der Waals surface area contributed by atoms with Crippen LogP contribution >= 0.6 is 0 Å². The van der Waals surface area contributed by atoms with Gasteiger partial charge in [-0.2, -0.15) is 0 Å². The number of primary amides is 1. The lowest BCUT2D eigenvalue weighted by atomic mass is 9.97. The second kappa shape index (κ2) is 7.03. The second-order valence-corrected chi connectivity index (χ2v) is 6.53. The number of amides is 2. The molecule has 0 bridgehead atoms. The third-order valence-electron chi connectivity index (χ3n) is 4.65. The fraction of sp³-hybridized carbons (Fsp3) is 0.500. The lowest BCUT2D eigenvalue weighted by molar-refractivity contribution is -0.153. The minimum Gasteiger partial charge on any atom is -0.461 e. The van der Waals surface area contributed by atoms with E-state index in [0.29, 0.717) is 17.7 Å². The first-order chi connectivity index (χ1) is 11.6. The average Bonchev–Trinajstić information content (AvgIpc) is 3.44. The minimum atomic E-state index is -0.541. The van der Waals surface area contributed by atoms with Crippen LogP contribution in [0.4, 0.5) is 0 Å². The maximum Gasteiger partial charge on any atom is 0.311 e. The molecular weight excluding hydrogens is 308 g/mol. The fourth-order valence-electron chi connectivity index (χ4n) is 3.11. The molecule has 0 aromatic heterocycles. The van der Waals surface area contributed by atoms with Gasteiger partial charge in [-0.05, 0) is 31.7 Å². The van der Waals surface area contributed by atoms with Gasteiger partial charge in [0, 0.05) is 30.1 Å². The molecule has 2 N–H and O–H groups in total. The smallest absolute Gasteiger partial charge is 0.311 e.